The number of rotatable bonds is 6. The van der Waals surface area contributed by atoms with Crippen molar-refractivity contribution in [2.45, 2.75) is 24.8 Å². The van der Waals surface area contributed by atoms with Gasteiger partial charge in [-0.2, -0.15) is 0 Å². The second-order valence-electron chi connectivity index (χ2n) is 4.52. The zero-order valence-corrected chi connectivity index (χ0v) is 11.8. The Labute approximate surface area is 109 Å². The van der Waals surface area contributed by atoms with Crippen molar-refractivity contribution in [1.82, 2.24) is 4.72 Å². The second kappa shape index (κ2) is 6.17. The Morgan fingerprint density at radius 1 is 1.22 bits per heavy atom. The molecule has 0 bridgehead atoms. The summed E-state index contributed by atoms with van der Waals surface area (Å²) in [5, 5.41) is 3.18. The highest BCUT2D eigenvalue weighted by Gasteiger charge is 2.11. The van der Waals surface area contributed by atoms with Crippen LogP contribution in [0.25, 0.3) is 0 Å². The van der Waals surface area contributed by atoms with Gasteiger partial charge < -0.3 is 11.1 Å². The van der Waals surface area contributed by atoms with Crippen molar-refractivity contribution in [3.63, 3.8) is 0 Å². The van der Waals surface area contributed by atoms with E-state index in [1.807, 2.05) is 0 Å². The molecule has 0 fully saturated rings. The lowest BCUT2D eigenvalue weighted by atomic mass is 10.1. The number of anilines is 1. The summed E-state index contributed by atoms with van der Waals surface area (Å²) < 4.78 is 25.3. The number of benzene rings is 1. The Kier molecular flexibility index (Phi) is 5.13. The molecule has 1 atom stereocenters. The molecule has 1 rings (SSSR count). The molecule has 0 heterocycles. The molecule has 0 spiro atoms. The first-order valence-corrected chi connectivity index (χ1v) is 7.38. The van der Waals surface area contributed by atoms with Crippen LogP contribution in [0.5, 0.6) is 0 Å². The van der Waals surface area contributed by atoms with Crippen LogP contribution < -0.4 is 15.8 Å². The third kappa shape index (κ3) is 3.97. The largest absolute Gasteiger partial charge is 0.383 e. The van der Waals surface area contributed by atoms with Crippen molar-refractivity contribution in [1.29, 1.82) is 0 Å². The van der Waals surface area contributed by atoms with Gasteiger partial charge in [-0.25, -0.2) is 13.1 Å². The van der Waals surface area contributed by atoms with Gasteiger partial charge in [-0.05, 0) is 37.2 Å². The maximum absolute atomic E-state index is 11.5. The Balaban J connectivity index is 2.67. The fourth-order valence-electron chi connectivity index (χ4n) is 1.34. The molecular formula is C12H21N3O2S. The summed E-state index contributed by atoms with van der Waals surface area (Å²) in [6, 6.07) is 6.67. The highest BCUT2D eigenvalue weighted by molar-refractivity contribution is 7.89. The summed E-state index contributed by atoms with van der Waals surface area (Å²) in [4.78, 5) is 0.253. The summed E-state index contributed by atoms with van der Waals surface area (Å²) in [5.41, 5.74) is 6.78. The molecule has 0 saturated heterocycles. The lowest BCUT2D eigenvalue weighted by Gasteiger charge is -2.17. The molecule has 102 valence electrons. The quantitative estimate of drug-likeness (QED) is 0.720. The summed E-state index contributed by atoms with van der Waals surface area (Å²) in [6.07, 6.45) is 0. The zero-order valence-electron chi connectivity index (χ0n) is 11.0. The average molecular weight is 271 g/mol. The van der Waals surface area contributed by atoms with Crippen LogP contribution in [-0.2, 0) is 10.0 Å². The molecule has 0 amide bonds. The van der Waals surface area contributed by atoms with Crippen LogP contribution in [0.15, 0.2) is 29.2 Å². The summed E-state index contributed by atoms with van der Waals surface area (Å²) >= 11 is 0. The molecule has 4 N–H and O–H groups in total. The number of hydrogen-bond donors (Lipinski definition) is 3. The van der Waals surface area contributed by atoms with Crippen molar-refractivity contribution in [3.8, 4) is 0 Å². The highest BCUT2D eigenvalue weighted by Crippen LogP contribution is 2.13. The second-order valence-corrected chi connectivity index (χ2v) is 6.41. The first-order chi connectivity index (χ1) is 8.36. The van der Waals surface area contributed by atoms with Crippen molar-refractivity contribution >= 4 is 15.7 Å². The van der Waals surface area contributed by atoms with E-state index in [-0.39, 0.29) is 10.9 Å². The number of sulfonamides is 1. The van der Waals surface area contributed by atoms with Gasteiger partial charge in [0.15, 0.2) is 0 Å². The molecule has 0 radical (unpaired) electrons. The van der Waals surface area contributed by atoms with Gasteiger partial charge in [0.25, 0.3) is 0 Å². The van der Waals surface area contributed by atoms with Gasteiger partial charge in [0.1, 0.15) is 0 Å². The van der Waals surface area contributed by atoms with E-state index in [4.69, 9.17) is 5.73 Å². The molecule has 0 aliphatic rings. The van der Waals surface area contributed by atoms with Crippen molar-refractivity contribution < 1.29 is 8.42 Å². The minimum Gasteiger partial charge on any atom is -0.383 e. The highest BCUT2D eigenvalue weighted by atomic mass is 32.2. The van der Waals surface area contributed by atoms with E-state index >= 15 is 0 Å². The predicted molar refractivity (Wildman–Crippen MR) is 74.0 cm³/mol. The van der Waals surface area contributed by atoms with E-state index in [0.29, 0.717) is 12.5 Å². The van der Waals surface area contributed by atoms with Crippen LogP contribution in [0.3, 0.4) is 0 Å². The standard InChI is InChI=1S/C12H21N3O2S/c1-9(2)12(13)8-15-10-4-6-11(7-5-10)18(16,17)14-3/h4-7,9,12,14-15H,8,13H2,1-3H3. The maximum Gasteiger partial charge on any atom is 0.240 e. The average Bonchev–Trinajstić information content (AvgIpc) is 2.36. The van der Waals surface area contributed by atoms with Gasteiger partial charge in [-0.3, -0.25) is 0 Å². The van der Waals surface area contributed by atoms with Crippen LogP contribution in [0, 0.1) is 5.92 Å². The van der Waals surface area contributed by atoms with Gasteiger partial charge in [0, 0.05) is 18.3 Å². The molecular weight excluding hydrogens is 250 g/mol. The van der Waals surface area contributed by atoms with Crippen molar-refractivity contribution in [2.24, 2.45) is 11.7 Å². The van der Waals surface area contributed by atoms with Crippen LogP contribution in [-0.4, -0.2) is 28.1 Å². The SMILES string of the molecule is CNS(=O)(=O)c1ccc(NCC(N)C(C)C)cc1. The molecule has 5 nitrogen and oxygen atoms in total. The zero-order chi connectivity index (χ0) is 13.8. The molecule has 1 unspecified atom stereocenters. The molecule has 0 aliphatic heterocycles. The number of nitrogens with one attached hydrogen (secondary N) is 2. The first kappa shape index (κ1) is 14.9. The fourth-order valence-corrected chi connectivity index (χ4v) is 2.07. The minimum atomic E-state index is -3.36. The lowest BCUT2D eigenvalue weighted by molar-refractivity contribution is 0.511. The Bertz CT molecular complexity index is 469. The first-order valence-electron chi connectivity index (χ1n) is 5.90. The van der Waals surface area contributed by atoms with Gasteiger partial charge in [0.2, 0.25) is 10.0 Å². The minimum absolute atomic E-state index is 0.0747. The van der Waals surface area contributed by atoms with Crippen LogP contribution >= 0.6 is 0 Å². The maximum atomic E-state index is 11.5. The number of nitrogens with two attached hydrogens (primary N) is 1. The van der Waals surface area contributed by atoms with E-state index in [9.17, 15) is 8.42 Å². The van der Waals surface area contributed by atoms with Gasteiger partial charge >= 0.3 is 0 Å². The predicted octanol–water partition coefficient (Wildman–Crippen LogP) is 0.990. The van der Waals surface area contributed by atoms with E-state index < -0.39 is 10.0 Å². The van der Waals surface area contributed by atoms with Gasteiger partial charge in [-0.1, -0.05) is 13.8 Å². The summed E-state index contributed by atoms with van der Waals surface area (Å²) in [6.45, 7) is 4.79. The Morgan fingerprint density at radius 2 is 1.78 bits per heavy atom. The van der Waals surface area contributed by atoms with E-state index in [1.165, 1.54) is 7.05 Å². The van der Waals surface area contributed by atoms with Crippen LogP contribution in [0.2, 0.25) is 0 Å². The van der Waals surface area contributed by atoms with E-state index in [0.717, 1.165) is 5.69 Å². The fraction of sp³-hybridized carbons (Fsp3) is 0.500. The molecule has 1 aromatic rings. The van der Waals surface area contributed by atoms with E-state index in [1.54, 1.807) is 24.3 Å². The third-order valence-electron chi connectivity index (χ3n) is 2.83. The summed E-state index contributed by atoms with van der Waals surface area (Å²) in [5.74, 6) is 0.404. The topological polar surface area (TPSA) is 84.2 Å². The Hall–Kier alpha value is -1.11. The normalized spacial score (nSPS) is 13.6. The molecule has 0 saturated carbocycles. The molecule has 6 heteroatoms. The molecule has 0 aliphatic carbocycles. The van der Waals surface area contributed by atoms with Crippen LogP contribution in [0.4, 0.5) is 5.69 Å². The third-order valence-corrected chi connectivity index (χ3v) is 4.26. The smallest absolute Gasteiger partial charge is 0.240 e. The van der Waals surface area contributed by atoms with Crippen molar-refractivity contribution in [3.05, 3.63) is 24.3 Å². The monoisotopic (exact) mass is 271 g/mol. The lowest BCUT2D eigenvalue weighted by Crippen LogP contribution is -2.33. The Morgan fingerprint density at radius 3 is 2.22 bits per heavy atom. The number of hydrogen-bond acceptors (Lipinski definition) is 4. The molecule has 0 aromatic heterocycles. The van der Waals surface area contributed by atoms with Gasteiger partial charge in [0.05, 0.1) is 4.90 Å². The van der Waals surface area contributed by atoms with Gasteiger partial charge in [-0.15, -0.1) is 0 Å². The summed E-state index contributed by atoms with van der Waals surface area (Å²) in [7, 11) is -1.97. The van der Waals surface area contributed by atoms with Crippen LogP contribution in [0.1, 0.15) is 13.8 Å². The molecule has 18 heavy (non-hydrogen) atoms. The molecule has 1 aromatic carbocycles. The van der Waals surface area contributed by atoms with E-state index in [2.05, 4.69) is 23.9 Å². The van der Waals surface area contributed by atoms with Crippen molar-refractivity contribution in [2.75, 3.05) is 18.9 Å².